The van der Waals surface area contributed by atoms with Crippen LogP contribution in [0.25, 0.3) is 0 Å². The van der Waals surface area contributed by atoms with Crippen LogP contribution in [-0.2, 0) is 11.2 Å². The van der Waals surface area contributed by atoms with Crippen molar-refractivity contribution in [3.05, 3.63) is 41.6 Å². The van der Waals surface area contributed by atoms with Gasteiger partial charge in [-0.15, -0.1) is 0 Å². The van der Waals surface area contributed by atoms with Crippen LogP contribution in [0.2, 0.25) is 0 Å². The lowest BCUT2D eigenvalue weighted by molar-refractivity contribution is -0.116. The summed E-state index contributed by atoms with van der Waals surface area (Å²) < 4.78 is 5.73. The quantitative estimate of drug-likeness (QED) is 0.401. The highest BCUT2D eigenvalue weighted by molar-refractivity contribution is 7.99. The lowest BCUT2D eigenvalue weighted by Crippen LogP contribution is -2.50. The molecule has 4 N–H and O–H groups in total. The molecule has 184 valence electrons. The molecule has 1 aromatic carbocycles. The van der Waals surface area contributed by atoms with Gasteiger partial charge in [0, 0.05) is 49.3 Å². The molecule has 1 aliphatic rings. The molecule has 0 radical (unpaired) electrons. The van der Waals surface area contributed by atoms with E-state index in [0.717, 1.165) is 16.2 Å². The number of hydrogen-bond donors (Lipinski definition) is 3. The van der Waals surface area contributed by atoms with Crippen molar-refractivity contribution in [2.45, 2.75) is 30.3 Å². The normalized spacial score (nSPS) is 13.6. The van der Waals surface area contributed by atoms with Crippen LogP contribution >= 0.6 is 11.8 Å². The van der Waals surface area contributed by atoms with E-state index in [-0.39, 0.29) is 5.78 Å². The van der Waals surface area contributed by atoms with Gasteiger partial charge in [0.2, 0.25) is 5.75 Å². The molecule has 4 rings (SSSR count). The number of piperazine rings is 1. The first kappa shape index (κ1) is 24.3. The van der Waals surface area contributed by atoms with E-state index in [0.29, 0.717) is 61.0 Å². The van der Waals surface area contributed by atoms with Gasteiger partial charge < -0.3 is 25.6 Å². The fourth-order valence-corrected chi connectivity index (χ4v) is 4.51. The Kier molecular flexibility index (Phi) is 7.39. The topological polar surface area (TPSA) is 142 Å². The summed E-state index contributed by atoms with van der Waals surface area (Å²) in [7, 11) is 1.57. The van der Waals surface area contributed by atoms with Crippen molar-refractivity contribution < 1.29 is 14.3 Å². The van der Waals surface area contributed by atoms with E-state index in [1.165, 1.54) is 11.8 Å². The maximum absolute atomic E-state index is 11.6. The van der Waals surface area contributed by atoms with Crippen molar-refractivity contribution in [3.8, 4) is 5.75 Å². The number of ketones is 1. The molecule has 11 nitrogen and oxygen atoms in total. The van der Waals surface area contributed by atoms with Crippen molar-refractivity contribution in [3.63, 3.8) is 0 Å². The average molecular weight is 497 g/mol. The first-order valence-corrected chi connectivity index (χ1v) is 11.9. The van der Waals surface area contributed by atoms with Crippen LogP contribution in [0.15, 0.2) is 40.4 Å². The van der Waals surface area contributed by atoms with Crippen LogP contribution in [0, 0.1) is 6.92 Å². The van der Waals surface area contributed by atoms with Gasteiger partial charge in [-0.3, -0.25) is 9.89 Å². The Morgan fingerprint density at radius 1 is 1.17 bits per heavy atom. The molecule has 12 heteroatoms. The second-order valence-electron chi connectivity index (χ2n) is 8.21. The summed E-state index contributed by atoms with van der Waals surface area (Å²) in [5, 5.41) is 10.9. The van der Waals surface area contributed by atoms with Gasteiger partial charge in [0.15, 0.2) is 22.6 Å². The smallest absolute Gasteiger partial charge is 0.314 e. The SMILES string of the molecule is COc1c(Nc2cc(C)[nH]n2)nc(Sc2ccc(CC(C)=O)cc2)nc1N1CCN(C(N)=O)CC1. The zero-order chi connectivity index (χ0) is 24.9. The largest absolute Gasteiger partial charge is 0.490 e. The zero-order valence-corrected chi connectivity index (χ0v) is 20.7. The summed E-state index contributed by atoms with van der Waals surface area (Å²) in [6, 6.07) is 9.21. The van der Waals surface area contributed by atoms with Gasteiger partial charge in [-0.05, 0) is 43.3 Å². The number of rotatable bonds is 8. The lowest BCUT2D eigenvalue weighted by atomic mass is 10.1. The van der Waals surface area contributed by atoms with E-state index in [1.54, 1.807) is 18.9 Å². The summed E-state index contributed by atoms with van der Waals surface area (Å²) in [5.74, 6) is 2.32. The minimum Gasteiger partial charge on any atom is -0.490 e. The van der Waals surface area contributed by atoms with E-state index in [9.17, 15) is 9.59 Å². The van der Waals surface area contributed by atoms with Gasteiger partial charge in [0.1, 0.15) is 5.78 Å². The number of nitrogens with two attached hydrogens (primary N) is 1. The number of H-pyrrole nitrogens is 1. The van der Waals surface area contributed by atoms with Gasteiger partial charge in [-0.2, -0.15) is 5.10 Å². The maximum Gasteiger partial charge on any atom is 0.314 e. The Morgan fingerprint density at radius 2 is 1.89 bits per heavy atom. The highest BCUT2D eigenvalue weighted by Gasteiger charge is 2.26. The van der Waals surface area contributed by atoms with E-state index >= 15 is 0 Å². The molecule has 0 aliphatic carbocycles. The van der Waals surface area contributed by atoms with Gasteiger partial charge in [-0.1, -0.05) is 12.1 Å². The predicted octanol–water partition coefficient (Wildman–Crippen LogP) is 2.74. The molecular formula is C23H28N8O3S. The van der Waals surface area contributed by atoms with Crippen molar-refractivity contribution >= 4 is 41.0 Å². The Hall–Kier alpha value is -3.80. The molecule has 0 atom stereocenters. The molecule has 2 aromatic heterocycles. The minimum absolute atomic E-state index is 0.120. The second kappa shape index (κ2) is 10.6. The number of Topliss-reactive ketones (excluding diaryl/α,β-unsaturated/α-hetero) is 1. The molecule has 0 spiro atoms. The molecule has 1 fully saturated rings. The summed E-state index contributed by atoms with van der Waals surface area (Å²) >= 11 is 1.41. The Bertz CT molecular complexity index is 1210. The number of carbonyl (C=O) groups is 2. The summed E-state index contributed by atoms with van der Waals surface area (Å²) in [4.78, 5) is 37.1. The van der Waals surface area contributed by atoms with Crippen molar-refractivity contribution in [1.82, 2.24) is 25.1 Å². The number of benzene rings is 1. The van der Waals surface area contributed by atoms with Crippen LogP contribution in [0.5, 0.6) is 5.75 Å². The molecule has 1 saturated heterocycles. The van der Waals surface area contributed by atoms with Gasteiger partial charge in [-0.25, -0.2) is 14.8 Å². The predicted molar refractivity (Wildman–Crippen MR) is 134 cm³/mol. The fourth-order valence-electron chi connectivity index (χ4n) is 3.76. The number of aryl methyl sites for hydroxylation is 1. The van der Waals surface area contributed by atoms with E-state index in [1.807, 2.05) is 37.3 Å². The number of carbonyl (C=O) groups excluding carboxylic acids is 2. The summed E-state index contributed by atoms with van der Waals surface area (Å²) in [6.45, 7) is 5.58. The molecule has 2 amide bonds. The second-order valence-corrected chi connectivity index (χ2v) is 9.25. The standard InChI is InChI=1S/C23H28N8O3S/c1-14-12-18(29-28-14)25-20-19(34-3)21(30-8-10-31(11-9-30)22(24)33)27-23(26-20)35-17-6-4-16(5-7-17)13-15(2)32/h4-7,12H,8-11,13H2,1-3H3,(H2,24,33)(H2,25,26,27,28,29). The van der Waals surface area contributed by atoms with Crippen molar-refractivity contribution in [2.75, 3.05) is 43.5 Å². The Balaban J connectivity index is 1.66. The van der Waals surface area contributed by atoms with Crippen LogP contribution in [0.3, 0.4) is 0 Å². The third kappa shape index (κ3) is 6.01. The van der Waals surface area contributed by atoms with E-state index in [2.05, 4.69) is 20.4 Å². The number of hydrogen-bond acceptors (Lipinski definition) is 9. The van der Waals surface area contributed by atoms with Gasteiger partial charge >= 0.3 is 6.03 Å². The van der Waals surface area contributed by atoms with E-state index in [4.69, 9.17) is 20.4 Å². The number of primary amides is 1. The number of nitrogens with zero attached hydrogens (tertiary/aromatic N) is 5. The lowest BCUT2D eigenvalue weighted by Gasteiger charge is -2.35. The van der Waals surface area contributed by atoms with Crippen LogP contribution in [-0.4, -0.2) is 70.2 Å². The number of ether oxygens (including phenoxy) is 1. The Morgan fingerprint density at radius 3 is 2.46 bits per heavy atom. The number of urea groups is 1. The molecule has 0 unspecified atom stereocenters. The number of aromatic nitrogens is 4. The monoisotopic (exact) mass is 496 g/mol. The van der Waals surface area contributed by atoms with Crippen LogP contribution in [0.1, 0.15) is 18.2 Å². The highest BCUT2D eigenvalue weighted by atomic mass is 32.2. The molecule has 0 saturated carbocycles. The van der Waals surface area contributed by atoms with Gasteiger partial charge in [0.25, 0.3) is 0 Å². The first-order chi connectivity index (χ1) is 16.8. The minimum atomic E-state index is -0.431. The maximum atomic E-state index is 11.6. The average Bonchev–Trinajstić information content (AvgIpc) is 3.24. The van der Waals surface area contributed by atoms with Gasteiger partial charge in [0.05, 0.1) is 7.11 Å². The molecule has 1 aliphatic heterocycles. The number of amides is 2. The molecule has 35 heavy (non-hydrogen) atoms. The Labute approximate surface area is 207 Å². The molecular weight excluding hydrogens is 468 g/mol. The third-order valence-corrected chi connectivity index (χ3v) is 6.33. The summed E-state index contributed by atoms with van der Waals surface area (Å²) in [6.07, 6.45) is 0.405. The highest BCUT2D eigenvalue weighted by Crippen LogP contribution is 2.38. The van der Waals surface area contributed by atoms with Crippen LogP contribution in [0.4, 0.5) is 22.2 Å². The van der Waals surface area contributed by atoms with Crippen molar-refractivity contribution in [2.24, 2.45) is 5.73 Å². The zero-order valence-electron chi connectivity index (χ0n) is 19.9. The van der Waals surface area contributed by atoms with E-state index < -0.39 is 6.03 Å². The number of nitrogens with one attached hydrogen (secondary N) is 2. The fraction of sp³-hybridized carbons (Fsp3) is 0.348. The first-order valence-electron chi connectivity index (χ1n) is 11.1. The number of aromatic amines is 1. The molecule has 3 heterocycles. The summed E-state index contributed by atoms with van der Waals surface area (Å²) in [5.41, 5.74) is 7.31. The molecule has 0 bridgehead atoms. The van der Waals surface area contributed by atoms with Crippen LogP contribution < -0.4 is 20.7 Å². The van der Waals surface area contributed by atoms with Crippen molar-refractivity contribution in [1.29, 1.82) is 0 Å². The third-order valence-electron chi connectivity index (χ3n) is 5.46. The number of methoxy groups -OCH3 is 1. The number of anilines is 3. The molecule has 3 aromatic rings.